The van der Waals surface area contributed by atoms with Gasteiger partial charge in [0.05, 0.1) is 12.2 Å². The smallest absolute Gasteiger partial charge is 0.331 e. The van der Waals surface area contributed by atoms with E-state index in [1.54, 1.807) is 0 Å². The van der Waals surface area contributed by atoms with Gasteiger partial charge in [0, 0.05) is 5.57 Å². The fourth-order valence-electron chi connectivity index (χ4n) is 2.47. The van der Waals surface area contributed by atoms with Crippen molar-refractivity contribution in [1.29, 1.82) is 0 Å². The molecule has 78 valence electrons. The van der Waals surface area contributed by atoms with Gasteiger partial charge in [-0.2, -0.15) is 0 Å². The lowest BCUT2D eigenvalue weighted by Gasteiger charge is -2.24. The third-order valence-corrected chi connectivity index (χ3v) is 3.54. The van der Waals surface area contributed by atoms with Crippen LogP contribution in [-0.2, 0) is 9.53 Å². The van der Waals surface area contributed by atoms with Crippen LogP contribution in [0.5, 0.6) is 0 Å². The first-order valence-electron chi connectivity index (χ1n) is 5.19. The molecular formula is C11H16O3. The number of rotatable bonds is 3. The minimum Gasteiger partial charge on any atom is -0.478 e. The molecule has 3 nitrogen and oxygen atoms in total. The molecular weight excluding hydrogens is 180 g/mol. The number of fused-ring (bicyclic) bond motifs is 1. The van der Waals surface area contributed by atoms with Gasteiger partial charge in [-0.05, 0) is 24.7 Å². The van der Waals surface area contributed by atoms with Crippen LogP contribution in [0.1, 0.15) is 26.2 Å². The lowest BCUT2D eigenvalue weighted by Crippen LogP contribution is -2.26. The summed E-state index contributed by atoms with van der Waals surface area (Å²) in [7, 11) is 0. The average Bonchev–Trinajstić information content (AvgIpc) is 2.93. The molecule has 1 aliphatic heterocycles. The Labute approximate surface area is 83.8 Å². The van der Waals surface area contributed by atoms with E-state index >= 15 is 0 Å². The lowest BCUT2D eigenvalue weighted by molar-refractivity contribution is -0.133. The summed E-state index contributed by atoms with van der Waals surface area (Å²) in [6.45, 7) is 5.58. The Kier molecular flexibility index (Phi) is 2.35. The molecule has 2 fully saturated rings. The van der Waals surface area contributed by atoms with Crippen LogP contribution < -0.4 is 0 Å². The standard InChI is InChI=1S/C11H16O3/c1-6(7(2)11(12)13)8-4-3-5-9-10(8)14-9/h6,8-10H,2-5H2,1H3,(H,12,13). The zero-order chi connectivity index (χ0) is 10.3. The number of carboxylic acid groups (broad SMARTS) is 1. The molecule has 0 spiro atoms. The lowest BCUT2D eigenvalue weighted by atomic mass is 9.78. The molecule has 3 heteroatoms. The van der Waals surface area contributed by atoms with Crippen LogP contribution in [0.15, 0.2) is 12.2 Å². The van der Waals surface area contributed by atoms with E-state index < -0.39 is 5.97 Å². The molecule has 0 amide bonds. The van der Waals surface area contributed by atoms with Gasteiger partial charge < -0.3 is 9.84 Å². The minimum absolute atomic E-state index is 0.0443. The molecule has 1 N–H and O–H groups in total. The predicted octanol–water partition coefficient (Wildman–Crippen LogP) is 1.83. The molecule has 0 aromatic heterocycles. The molecule has 4 unspecified atom stereocenters. The molecule has 0 aromatic carbocycles. The van der Waals surface area contributed by atoms with E-state index in [2.05, 4.69) is 6.58 Å². The van der Waals surface area contributed by atoms with Crippen LogP contribution in [-0.4, -0.2) is 23.3 Å². The van der Waals surface area contributed by atoms with Crippen molar-refractivity contribution in [3.05, 3.63) is 12.2 Å². The van der Waals surface area contributed by atoms with Crippen molar-refractivity contribution >= 4 is 5.97 Å². The molecule has 2 rings (SSSR count). The Morgan fingerprint density at radius 1 is 1.57 bits per heavy atom. The Morgan fingerprint density at radius 3 is 2.93 bits per heavy atom. The molecule has 0 bridgehead atoms. The molecule has 1 aliphatic carbocycles. The van der Waals surface area contributed by atoms with Crippen LogP contribution in [0.2, 0.25) is 0 Å². The first-order valence-corrected chi connectivity index (χ1v) is 5.19. The van der Waals surface area contributed by atoms with E-state index in [0.29, 0.717) is 23.7 Å². The number of carbonyl (C=O) groups is 1. The summed E-state index contributed by atoms with van der Waals surface area (Å²) in [6, 6.07) is 0. The second-order valence-corrected chi connectivity index (χ2v) is 4.35. The van der Waals surface area contributed by atoms with E-state index in [1.165, 1.54) is 0 Å². The number of hydrogen-bond acceptors (Lipinski definition) is 2. The highest BCUT2D eigenvalue weighted by molar-refractivity contribution is 5.86. The zero-order valence-corrected chi connectivity index (χ0v) is 8.40. The second kappa shape index (κ2) is 3.39. The van der Waals surface area contributed by atoms with E-state index in [9.17, 15) is 4.79 Å². The number of hydrogen-bond donors (Lipinski definition) is 1. The maximum atomic E-state index is 10.8. The fraction of sp³-hybridized carbons (Fsp3) is 0.727. The summed E-state index contributed by atoms with van der Waals surface area (Å²) in [4.78, 5) is 10.8. The Balaban J connectivity index is 2.00. The third kappa shape index (κ3) is 1.57. The van der Waals surface area contributed by atoms with Crippen LogP contribution >= 0.6 is 0 Å². The van der Waals surface area contributed by atoms with Gasteiger partial charge in [0.1, 0.15) is 0 Å². The molecule has 0 aromatic rings. The van der Waals surface area contributed by atoms with Gasteiger partial charge >= 0.3 is 5.97 Å². The monoisotopic (exact) mass is 196 g/mol. The summed E-state index contributed by atoms with van der Waals surface area (Å²) in [5.74, 6) is -0.458. The first-order chi connectivity index (χ1) is 6.61. The summed E-state index contributed by atoms with van der Waals surface area (Å²) < 4.78 is 5.51. The predicted molar refractivity (Wildman–Crippen MR) is 51.9 cm³/mol. The Bertz CT molecular complexity index is 272. The van der Waals surface area contributed by atoms with E-state index in [4.69, 9.17) is 9.84 Å². The molecule has 1 saturated carbocycles. The van der Waals surface area contributed by atoms with Gasteiger partial charge in [0.25, 0.3) is 0 Å². The van der Waals surface area contributed by atoms with Crippen molar-refractivity contribution < 1.29 is 14.6 Å². The Hall–Kier alpha value is -0.830. The quantitative estimate of drug-likeness (QED) is 0.553. The highest BCUT2D eigenvalue weighted by Gasteiger charge is 2.49. The zero-order valence-electron chi connectivity index (χ0n) is 8.40. The summed E-state index contributed by atoms with van der Waals surface area (Å²) in [5, 5.41) is 8.84. The van der Waals surface area contributed by atoms with Gasteiger partial charge in [-0.25, -0.2) is 4.79 Å². The summed E-state index contributed by atoms with van der Waals surface area (Å²) in [6.07, 6.45) is 4.11. The molecule has 2 aliphatic rings. The maximum Gasteiger partial charge on any atom is 0.331 e. The van der Waals surface area contributed by atoms with Crippen LogP contribution in [0.4, 0.5) is 0 Å². The van der Waals surface area contributed by atoms with Gasteiger partial charge in [0.2, 0.25) is 0 Å². The topological polar surface area (TPSA) is 49.8 Å². The van der Waals surface area contributed by atoms with Gasteiger partial charge in [-0.15, -0.1) is 0 Å². The number of carboxylic acids is 1. The molecule has 14 heavy (non-hydrogen) atoms. The third-order valence-electron chi connectivity index (χ3n) is 3.54. The van der Waals surface area contributed by atoms with Crippen LogP contribution in [0.3, 0.4) is 0 Å². The van der Waals surface area contributed by atoms with Crippen molar-refractivity contribution in [2.45, 2.75) is 38.4 Å². The van der Waals surface area contributed by atoms with Crippen molar-refractivity contribution in [3.8, 4) is 0 Å². The van der Waals surface area contributed by atoms with Gasteiger partial charge in [-0.3, -0.25) is 0 Å². The summed E-state index contributed by atoms with van der Waals surface area (Å²) >= 11 is 0. The fourth-order valence-corrected chi connectivity index (χ4v) is 2.47. The second-order valence-electron chi connectivity index (χ2n) is 4.35. The highest BCUT2D eigenvalue weighted by atomic mass is 16.6. The molecule has 1 saturated heterocycles. The van der Waals surface area contributed by atoms with Crippen molar-refractivity contribution in [1.82, 2.24) is 0 Å². The molecule has 1 heterocycles. The van der Waals surface area contributed by atoms with Crippen LogP contribution in [0.25, 0.3) is 0 Å². The number of epoxide rings is 1. The van der Waals surface area contributed by atoms with Crippen molar-refractivity contribution in [2.75, 3.05) is 0 Å². The Morgan fingerprint density at radius 2 is 2.29 bits per heavy atom. The molecule has 0 radical (unpaired) electrons. The maximum absolute atomic E-state index is 10.8. The van der Waals surface area contributed by atoms with E-state index in [-0.39, 0.29) is 5.92 Å². The van der Waals surface area contributed by atoms with Gasteiger partial charge in [-0.1, -0.05) is 19.9 Å². The van der Waals surface area contributed by atoms with E-state index in [1.807, 2.05) is 6.92 Å². The molecule has 4 atom stereocenters. The van der Waals surface area contributed by atoms with Crippen molar-refractivity contribution in [3.63, 3.8) is 0 Å². The highest BCUT2D eigenvalue weighted by Crippen LogP contribution is 2.45. The van der Waals surface area contributed by atoms with Crippen molar-refractivity contribution in [2.24, 2.45) is 11.8 Å². The largest absolute Gasteiger partial charge is 0.478 e. The first kappa shape index (κ1) is 9.71. The van der Waals surface area contributed by atoms with Gasteiger partial charge in [0.15, 0.2) is 0 Å². The summed E-state index contributed by atoms with van der Waals surface area (Å²) in [5.41, 5.74) is 0.325. The van der Waals surface area contributed by atoms with E-state index in [0.717, 1.165) is 19.3 Å². The van der Waals surface area contributed by atoms with Crippen LogP contribution in [0, 0.1) is 11.8 Å². The number of aliphatic carboxylic acids is 1. The SMILES string of the molecule is C=C(C(=O)O)C(C)C1CCCC2OC21. The number of ether oxygens (including phenoxy) is 1. The average molecular weight is 196 g/mol. The minimum atomic E-state index is -0.875. The normalized spacial score (nSPS) is 37.1.